The monoisotopic (exact) mass is 319 g/mol. The van der Waals surface area contributed by atoms with Crippen LogP contribution in [0.2, 0.25) is 0 Å². The van der Waals surface area contributed by atoms with Crippen LogP contribution in [0.3, 0.4) is 0 Å². The first-order valence-corrected chi connectivity index (χ1v) is 8.77. The number of hydrogen-bond acceptors (Lipinski definition) is 4. The molecule has 7 heteroatoms. The Labute approximate surface area is 123 Å². The Morgan fingerprint density at radius 3 is 2.50 bits per heavy atom. The summed E-state index contributed by atoms with van der Waals surface area (Å²) in [7, 11) is -3.64. The first-order chi connectivity index (χ1) is 9.34. The van der Waals surface area contributed by atoms with Crippen molar-refractivity contribution in [1.82, 2.24) is 4.31 Å². The average molecular weight is 319 g/mol. The molecule has 0 amide bonds. The van der Waals surface area contributed by atoms with Crippen LogP contribution in [0.4, 0.5) is 4.39 Å². The van der Waals surface area contributed by atoms with Crippen molar-refractivity contribution in [2.75, 3.05) is 13.1 Å². The van der Waals surface area contributed by atoms with Gasteiger partial charge < -0.3 is 5.11 Å². The summed E-state index contributed by atoms with van der Waals surface area (Å²) < 4.78 is 39.9. The van der Waals surface area contributed by atoms with Gasteiger partial charge in [-0.2, -0.15) is 16.1 Å². The number of halogens is 1. The smallest absolute Gasteiger partial charge is 0.243 e. The van der Waals surface area contributed by atoms with Crippen LogP contribution in [0.25, 0.3) is 0 Å². The Balaban J connectivity index is 2.34. The summed E-state index contributed by atoms with van der Waals surface area (Å²) >= 11 is 1.76. The predicted octanol–water partition coefficient (Wildman–Crippen LogP) is 1.83. The van der Waals surface area contributed by atoms with Gasteiger partial charge in [0, 0.05) is 29.2 Å². The molecule has 1 aromatic rings. The fourth-order valence-corrected chi connectivity index (χ4v) is 5.49. The van der Waals surface area contributed by atoms with Gasteiger partial charge in [-0.3, -0.25) is 0 Å². The van der Waals surface area contributed by atoms with E-state index < -0.39 is 22.4 Å². The van der Waals surface area contributed by atoms with Gasteiger partial charge in [0.2, 0.25) is 10.0 Å². The van der Waals surface area contributed by atoms with Gasteiger partial charge in [-0.15, -0.1) is 0 Å². The molecule has 0 radical (unpaired) electrons. The van der Waals surface area contributed by atoms with Crippen molar-refractivity contribution < 1.29 is 17.9 Å². The van der Waals surface area contributed by atoms with E-state index in [-0.39, 0.29) is 21.0 Å². The molecule has 2 atom stereocenters. The molecule has 4 nitrogen and oxygen atoms in total. The molecule has 1 fully saturated rings. The summed E-state index contributed by atoms with van der Waals surface area (Å²) in [6.45, 7) is 4.36. The minimum atomic E-state index is -3.64. The van der Waals surface area contributed by atoms with Crippen LogP contribution in [0.5, 0.6) is 0 Å². The molecule has 2 unspecified atom stereocenters. The van der Waals surface area contributed by atoms with E-state index in [1.54, 1.807) is 11.8 Å². The number of aliphatic hydroxyl groups excluding tert-OH is 1. The van der Waals surface area contributed by atoms with E-state index in [2.05, 4.69) is 0 Å². The van der Waals surface area contributed by atoms with Crippen LogP contribution < -0.4 is 0 Å². The summed E-state index contributed by atoms with van der Waals surface area (Å²) in [5, 5.41) is 9.51. The predicted molar refractivity (Wildman–Crippen MR) is 77.6 cm³/mol. The first kappa shape index (κ1) is 15.8. The fraction of sp³-hybridized carbons (Fsp3) is 0.538. The highest BCUT2D eigenvalue weighted by atomic mass is 32.2. The molecular formula is C13H18FNO3S2. The van der Waals surface area contributed by atoms with Crippen LogP contribution in [0, 0.1) is 5.82 Å². The van der Waals surface area contributed by atoms with Crippen molar-refractivity contribution >= 4 is 21.8 Å². The summed E-state index contributed by atoms with van der Waals surface area (Å²) in [4.78, 5) is 0.0363. The second-order valence-electron chi connectivity index (χ2n) is 4.99. The number of thioether (sulfide) groups is 1. The summed E-state index contributed by atoms with van der Waals surface area (Å²) in [5.41, 5.74) is -0.00134. The third-order valence-electron chi connectivity index (χ3n) is 3.21. The van der Waals surface area contributed by atoms with Crippen molar-refractivity contribution in [2.24, 2.45) is 0 Å². The van der Waals surface area contributed by atoms with Crippen LogP contribution in [0.15, 0.2) is 23.1 Å². The maximum Gasteiger partial charge on any atom is 0.243 e. The van der Waals surface area contributed by atoms with Crippen LogP contribution in [-0.4, -0.2) is 41.4 Å². The lowest BCUT2D eigenvalue weighted by atomic mass is 10.2. The van der Waals surface area contributed by atoms with Gasteiger partial charge >= 0.3 is 0 Å². The maximum absolute atomic E-state index is 13.4. The van der Waals surface area contributed by atoms with Crippen molar-refractivity contribution in [2.45, 2.75) is 35.8 Å². The molecule has 1 N–H and O–H groups in total. The van der Waals surface area contributed by atoms with E-state index in [4.69, 9.17) is 5.11 Å². The van der Waals surface area contributed by atoms with E-state index in [1.807, 2.05) is 13.8 Å². The lowest BCUT2D eigenvalue weighted by Crippen LogP contribution is -2.43. The maximum atomic E-state index is 13.4. The number of aliphatic hydroxyl groups is 1. The summed E-state index contributed by atoms with van der Waals surface area (Å²) in [6.07, 6.45) is 0. The first-order valence-electron chi connectivity index (χ1n) is 6.39. The van der Waals surface area contributed by atoms with Crippen molar-refractivity contribution in [3.63, 3.8) is 0 Å². The lowest BCUT2D eigenvalue weighted by molar-refractivity contribution is 0.275. The Hall–Kier alpha value is -0.630. The zero-order chi connectivity index (χ0) is 14.9. The van der Waals surface area contributed by atoms with Crippen molar-refractivity contribution in [3.05, 3.63) is 29.6 Å². The van der Waals surface area contributed by atoms with Gasteiger partial charge in [0.25, 0.3) is 0 Å². The van der Waals surface area contributed by atoms with Gasteiger partial charge in [0.05, 0.1) is 11.5 Å². The lowest BCUT2D eigenvalue weighted by Gasteiger charge is -2.33. The minimum Gasteiger partial charge on any atom is -0.392 e. The minimum absolute atomic E-state index is 0.00134. The van der Waals surface area contributed by atoms with E-state index in [0.29, 0.717) is 13.1 Å². The fourth-order valence-electron chi connectivity index (χ4n) is 2.31. The molecule has 112 valence electrons. The number of rotatable bonds is 3. The van der Waals surface area contributed by atoms with Gasteiger partial charge in [-0.05, 0) is 18.2 Å². The second-order valence-corrected chi connectivity index (χ2v) is 8.81. The molecule has 0 spiro atoms. The molecule has 2 rings (SSSR count). The molecule has 1 aliphatic heterocycles. The molecule has 20 heavy (non-hydrogen) atoms. The van der Waals surface area contributed by atoms with E-state index in [9.17, 15) is 12.8 Å². The molecule has 0 aliphatic carbocycles. The molecule has 1 saturated heterocycles. The topological polar surface area (TPSA) is 57.6 Å². The molecule has 0 saturated carbocycles. The molecule has 1 aliphatic rings. The highest BCUT2D eigenvalue weighted by Gasteiger charge is 2.32. The zero-order valence-corrected chi connectivity index (χ0v) is 13.0. The Kier molecular flexibility index (Phi) is 4.73. The average Bonchev–Trinajstić information content (AvgIpc) is 2.37. The second kappa shape index (κ2) is 6.01. The quantitative estimate of drug-likeness (QED) is 0.923. The standard InChI is InChI=1S/C13H18FNO3S2/c1-9-6-15(7-10(2)19-9)20(17,18)12-3-4-13(14)11(5-12)8-16/h3-5,9-10,16H,6-8H2,1-2H3. The van der Waals surface area contributed by atoms with Crippen LogP contribution >= 0.6 is 11.8 Å². The Morgan fingerprint density at radius 1 is 1.35 bits per heavy atom. The third kappa shape index (κ3) is 3.16. The van der Waals surface area contributed by atoms with Gasteiger partial charge in [0.15, 0.2) is 0 Å². The Morgan fingerprint density at radius 2 is 1.95 bits per heavy atom. The molecular weight excluding hydrogens is 301 g/mol. The normalized spacial score (nSPS) is 24.8. The zero-order valence-electron chi connectivity index (χ0n) is 11.4. The number of nitrogens with zero attached hydrogens (tertiary/aromatic N) is 1. The summed E-state index contributed by atoms with van der Waals surface area (Å²) in [6, 6.07) is 3.55. The molecule has 0 bridgehead atoms. The molecule has 1 aromatic carbocycles. The van der Waals surface area contributed by atoms with Crippen molar-refractivity contribution in [3.8, 4) is 0 Å². The largest absolute Gasteiger partial charge is 0.392 e. The van der Waals surface area contributed by atoms with E-state index in [1.165, 1.54) is 16.4 Å². The Bertz CT molecular complexity index is 581. The summed E-state index contributed by atoms with van der Waals surface area (Å²) in [5.74, 6) is -0.595. The van der Waals surface area contributed by atoms with Gasteiger partial charge in [0.1, 0.15) is 5.82 Å². The highest BCUT2D eigenvalue weighted by molar-refractivity contribution is 8.00. The van der Waals surface area contributed by atoms with Crippen molar-refractivity contribution in [1.29, 1.82) is 0 Å². The van der Waals surface area contributed by atoms with Crippen LogP contribution in [0.1, 0.15) is 19.4 Å². The SMILES string of the molecule is CC1CN(S(=O)(=O)c2ccc(F)c(CO)c2)CC(C)S1. The van der Waals surface area contributed by atoms with Crippen LogP contribution in [-0.2, 0) is 16.6 Å². The molecule has 1 heterocycles. The van der Waals surface area contributed by atoms with E-state index >= 15 is 0 Å². The number of hydrogen-bond donors (Lipinski definition) is 1. The highest BCUT2D eigenvalue weighted by Crippen LogP contribution is 2.29. The number of benzene rings is 1. The third-order valence-corrected chi connectivity index (χ3v) is 6.27. The molecule has 0 aromatic heterocycles. The van der Waals surface area contributed by atoms with Gasteiger partial charge in [-0.25, -0.2) is 12.8 Å². The number of sulfonamides is 1. The van der Waals surface area contributed by atoms with E-state index in [0.717, 1.165) is 6.07 Å². The van der Waals surface area contributed by atoms with Gasteiger partial charge in [-0.1, -0.05) is 13.8 Å².